The maximum absolute atomic E-state index is 4.31. The van der Waals surface area contributed by atoms with Crippen LogP contribution in [-0.2, 0) is 0 Å². The Morgan fingerprint density at radius 2 is 1.65 bits per heavy atom. The van der Waals surface area contributed by atoms with Gasteiger partial charge < -0.3 is 14.8 Å². The molecule has 1 aliphatic rings. The van der Waals surface area contributed by atoms with Gasteiger partial charge in [0.25, 0.3) is 0 Å². The Morgan fingerprint density at radius 3 is 2.39 bits per heavy atom. The maximum atomic E-state index is 4.31. The zero-order valence-corrected chi connectivity index (χ0v) is 18.4. The highest BCUT2D eigenvalue weighted by molar-refractivity contribution is 5.90. The van der Waals surface area contributed by atoms with E-state index in [0.717, 1.165) is 36.7 Å². The Labute approximate surface area is 184 Å². The van der Waals surface area contributed by atoms with Gasteiger partial charge in [-0.1, -0.05) is 29.8 Å². The molecule has 4 heteroatoms. The van der Waals surface area contributed by atoms with Crippen LogP contribution in [0.25, 0.3) is 33.6 Å². The van der Waals surface area contributed by atoms with Crippen molar-refractivity contribution in [2.24, 2.45) is 0 Å². The summed E-state index contributed by atoms with van der Waals surface area (Å²) in [7, 11) is 0. The van der Waals surface area contributed by atoms with Crippen molar-refractivity contribution in [2.45, 2.75) is 20.8 Å². The highest BCUT2D eigenvalue weighted by atomic mass is 15.4. The number of aromatic nitrogens is 2. The molecule has 31 heavy (non-hydrogen) atoms. The third-order valence-corrected chi connectivity index (χ3v) is 6.17. The first-order valence-electron chi connectivity index (χ1n) is 11.0. The Hall–Kier alpha value is -3.53. The van der Waals surface area contributed by atoms with E-state index in [4.69, 9.17) is 0 Å². The molecule has 4 nitrogen and oxygen atoms in total. The average Bonchev–Trinajstić information content (AvgIpc) is 3.41. The fourth-order valence-corrected chi connectivity index (χ4v) is 4.50. The van der Waals surface area contributed by atoms with Gasteiger partial charge in [-0.05, 0) is 68.3 Å². The molecule has 156 valence electrons. The van der Waals surface area contributed by atoms with Crippen molar-refractivity contribution in [1.82, 2.24) is 9.97 Å². The van der Waals surface area contributed by atoms with Gasteiger partial charge in [-0.25, -0.2) is 0 Å². The topological polar surface area (TPSA) is 35.2 Å². The third kappa shape index (κ3) is 3.48. The van der Waals surface area contributed by atoms with Crippen LogP contribution < -0.4 is 9.80 Å². The fraction of sp³-hybridized carbons (Fsp3) is 0.222. The van der Waals surface area contributed by atoms with Gasteiger partial charge in [0.2, 0.25) is 0 Å². The molecule has 0 bridgehead atoms. The first-order chi connectivity index (χ1) is 15.2. The summed E-state index contributed by atoms with van der Waals surface area (Å²) >= 11 is 0. The minimum absolute atomic E-state index is 0.963. The summed E-state index contributed by atoms with van der Waals surface area (Å²) in [6.07, 6.45) is 3.73. The van der Waals surface area contributed by atoms with Gasteiger partial charge in [-0.15, -0.1) is 0 Å². The smallest absolute Gasteiger partial charge is 0.0903 e. The van der Waals surface area contributed by atoms with Crippen LogP contribution in [0.2, 0.25) is 0 Å². The summed E-state index contributed by atoms with van der Waals surface area (Å²) < 4.78 is 0. The number of nitrogens with zero attached hydrogens (tertiary/aromatic N) is 3. The predicted molar refractivity (Wildman–Crippen MR) is 131 cm³/mol. The van der Waals surface area contributed by atoms with Crippen molar-refractivity contribution >= 4 is 11.4 Å². The normalized spacial score (nSPS) is 13.0. The van der Waals surface area contributed by atoms with Gasteiger partial charge in [0.1, 0.15) is 0 Å². The minimum Gasteiger partial charge on any atom is -0.354 e. The molecule has 4 aromatic rings. The molecular weight excluding hydrogens is 380 g/mol. The van der Waals surface area contributed by atoms with Crippen molar-refractivity contribution < 1.29 is 0 Å². The van der Waals surface area contributed by atoms with E-state index in [1.165, 1.54) is 33.6 Å². The number of H-pyrrole nitrogens is 1. The standard InChI is InChI=1S/C27H28N4/c1-4-30-18-31(5-2)26-15-20(11-12-25(26)30)23-16-24(22-10-7-13-28-17-22)29-27(23)21-9-6-8-19(3)14-21/h6-17,29H,4-5,18H2,1-3H3. The molecule has 0 radical (unpaired) electrons. The molecule has 0 saturated heterocycles. The molecule has 5 rings (SSSR count). The number of hydrogen-bond acceptors (Lipinski definition) is 3. The van der Waals surface area contributed by atoms with Gasteiger partial charge in [0.05, 0.1) is 23.7 Å². The molecule has 2 aromatic carbocycles. The van der Waals surface area contributed by atoms with E-state index in [1.54, 1.807) is 0 Å². The second-order valence-electron chi connectivity index (χ2n) is 8.14. The molecule has 0 aliphatic carbocycles. The first-order valence-corrected chi connectivity index (χ1v) is 11.0. The number of benzene rings is 2. The quantitative estimate of drug-likeness (QED) is 0.418. The lowest BCUT2D eigenvalue weighted by molar-refractivity contribution is 0.801. The number of rotatable bonds is 5. The number of fused-ring (bicyclic) bond motifs is 1. The van der Waals surface area contributed by atoms with E-state index >= 15 is 0 Å². The molecule has 2 aromatic heterocycles. The van der Waals surface area contributed by atoms with Crippen LogP contribution in [0.1, 0.15) is 19.4 Å². The van der Waals surface area contributed by atoms with Gasteiger partial charge in [0, 0.05) is 42.3 Å². The summed E-state index contributed by atoms with van der Waals surface area (Å²) in [6, 6.07) is 21.9. The van der Waals surface area contributed by atoms with Crippen LogP contribution in [0, 0.1) is 6.92 Å². The van der Waals surface area contributed by atoms with Gasteiger partial charge >= 0.3 is 0 Å². The number of anilines is 2. The second kappa shape index (κ2) is 7.95. The van der Waals surface area contributed by atoms with Crippen molar-refractivity contribution in [1.29, 1.82) is 0 Å². The Kier molecular flexibility index (Phi) is 4.99. The molecule has 0 unspecified atom stereocenters. The Morgan fingerprint density at radius 1 is 0.839 bits per heavy atom. The number of pyridine rings is 1. The van der Waals surface area contributed by atoms with E-state index in [9.17, 15) is 0 Å². The van der Waals surface area contributed by atoms with E-state index < -0.39 is 0 Å². The van der Waals surface area contributed by atoms with Crippen LogP contribution >= 0.6 is 0 Å². The maximum Gasteiger partial charge on any atom is 0.0903 e. The van der Waals surface area contributed by atoms with Crippen molar-refractivity contribution in [3.05, 3.63) is 78.6 Å². The zero-order chi connectivity index (χ0) is 21.4. The average molecular weight is 409 g/mol. The number of nitrogens with one attached hydrogen (secondary N) is 1. The molecule has 1 N–H and O–H groups in total. The SMILES string of the molecule is CCN1CN(CC)c2cc(-c3cc(-c4cccnc4)[nH]c3-c3cccc(C)c3)ccc21. The summed E-state index contributed by atoms with van der Waals surface area (Å²) in [5.41, 5.74) is 10.9. The second-order valence-corrected chi connectivity index (χ2v) is 8.14. The first kappa shape index (κ1) is 19.4. The van der Waals surface area contributed by atoms with Crippen molar-refractivity contribution in [3.8, 4) is 33.6 Å². The molecule has 3 heterocycles. The van der Waals surface area contributed by atoms with Gasteiger partial charge in [0.15, 0.2) is 0 Å². The van der Waals surface area contributed by atoms with Gasteiger partial charge in [-0.2, -0.15) is 0 Å². The molecule has 0 atom stereocenters. The van der Waals surface area contributed by atoms with Crippen LogP contribution in [0.3, 0.4) is 0 Å². The van der Waals surface area contributed by atoms with Crippen LogP contribution in [-0.4, -0.2) is 29.7 Å². The monoisotopic (exact) mass is 408 g/mol. The Balaban J connectivity index is 1.68. The van der Waals surface area contributed by atoms with E-state index in [0.29, 0.717) is 0 Å². The van der Waals surface area contributed by atoms with Crippen LogP contribution in [0.15, 0.2) is 73.1 Å². The highest BCUT2D eigenvalue weighted by Crippen LogP contribution is 2.42. The largest absolute Gasteiger partial charge is 0.354 e. The van der Waals surface area contributed by atoms with E-state index in [1.807, 2.05) is 18.5 Å². The molecule has 0 spiro atoms. The van der Waals surface area contributed by atoms with E-state index in [-0.39, 0.29) is 0 Å². The molecule has 0 amide bonds. The fourth-order valence-electron chi connectivity index (χ4n) is 4.50. The lowest BCUT2D eigenvalue weighted by Crippen LogP contribution is -2.30. The summed E-state index contributed by atoms with van der Waals surface area (Å²) in [5.74, 6) is 0. The van der Waals surface area contributed by atoms with Crippen molar-refractivity contribution in [3.63, 3.8) is 0 Å². The Bertz CT molecular complexity index is 1210. The van der Waals surface area contributed by atoms with Crippen LogP contribution in [0.4, 0.5) is 11.4 Å². The zero-order valence-electron chi connectivity index (χ0n) is 18.4. The minimum atomic E-state index is 0.963. The lowest BCUT2D eigenvalue weighted by atomic mass is 9.99. The lowest BCUT2D eigenvalue weighted by Gasteiger charge is -2.18. The van der Waals surface area contributed by atoms with Crippen molar-refractivity contribution in [2.75, 3.05) is 29.6 Å². The third-order valence-electron chi connectivity index (χ3n) is 6.17. The molecule has 0 fully saturated rings. The summed E-state index contributed by atoms with van der Waals surface area (Å²) in [4.78, 5) is 12.9. The molecular formula is C27H28N4. The number of aromatic amines is 1. The number of aryl methyl sites for hydroxylation is 1. The predicted octanol–water partition coefficient (Wildman–Crippen LogP) is 6.34. The summed E-state index contributed by atoms with van der Waals surface area (Å²) in [6.45, 7) is 9.58. The highest BCUT2D eigenvalue weighted by Gasteiger charge is 2.25. The molecule has 0 saturated carbocycles. The van der Waals surface area contributed by atoms with Gasteiger partial charge in [-0.3, -0.25) is 4.98 Å². The van der Waals surface area contributed by atoms with Crippen LogP contribution in [0.5, 0.6) is 0 Å². The number of hydrogen-bond donors (Lipinski definition) is 1. The summed E-state index contributed by atoms with van der Waals surface area (Å²) in [5, 5.41) is 0. The van der Waals surface area contributed by atoms with E-state index in [2.05, 4.69) is 95.1 Å². The molecule has 1 aliphatic heterocycles.